The third-order valence-electron chi connectivity index (χ3n) is 4.24. The lowest BCUT2D eigenvalue weighted by Gasteiger charge is -2.25. The molecule has 164 valence electrons. The normalized spacial score (nSPS) is 24.0. The molecular formula is C18H21BrFN3O5S2. The molecule has 2 amide bonds. The van der Waals surface area contributed by atoms with Crippen molar-refractivity contribution in [2.24, 2.45) is 4.99 Å². The van der Waals surface area contributed by atoms with Gasteiger partial charge in [-0.15, -0.1) is 0 Å². The number of rotatable bonds is 3. The van der Waals surface area contributed by atoms with E-state index in [4.69, 9.17) is 4.74 Å². The maximum atomic E-state index is 14.6. The summed E-state index contributed by atoms with van der Waals surface area (Å²) in [6, 6.07) is 3.87. The van der Waals surface area contributed by atoms with Gasteiger partial charge < -0.3 is 15.0 Å². The number of thioether (sulfide) groups is 1. The van der Waals surface area contributed by atoms with Crippen LogP contribution < -0.4 is 10.2 Å². The summed E-state index contributed by atoms with van der Waals surface area (Å²) in [5.41, 5.74) is -0.568. The Labute approximate surface area is 186 Å². The topological polar surface area (TPSA) is 105 Å². The van der Waals surface area contributed by atoms with Crippen LogP contribution in [0.15, 0.2) is 27.7 Å². The maximum absolute atomic E-state index is 14.6. The summed E-state index contributed by atoms with van der Waals surface area (Å²) in [5.74, 6) is -1.44. The summed E-state index contributed by atoms with van der Waals surface area (Å²) < 4.78 is 44.4. The van der Waals surface area contributed by atoms with Crippen LogP contribution in [-0.2, 0) is 19.4 Å². The van der Waals surface area contributed by atoms with Crippen LogP contribution in [0.5, 0.6) is 0 Å². The molecule has 0 aliphatic carbocycles. The molecule has 2 aliphatic rings. The van der Waals surface area contributed by atoms with E-state index in [1.54, 1.807) is 26.8 Å². The van der Waals surface area contributed by atoms with Gasteiger partial charge in [-0.1, -0.05) is 27.7 Å². The van der Waals surface area contributed by atoms with E-state index in [1.165, 1.54) is 17.0 Å². The van der Waals surface area contributed by atoms with Crippen LogP contribution in [0.25, 0.3) is 0 Å². The molecule has 1 aromatic rings. The third kappa shape index (κ3) is 5.52. The summed E-state index contributed by atoms with van der Waals surface area (Å²) in [5, 5.41) is 2.18. The van der Waals surface area contributed by atoms with E-state index in [0.717, 1.165) is 11.8 Å². The standard InChI is InChI=1S/C18H21BrFN3O5S2/c1-18(2,3)28-17(25)21-7-15(24)22-16-23(12-5-4-10(19)6-11(12)20)13-8-30(26,27)9-14(13)29-16/h4-6,13-14H,7-9H2,1-3H3,(H,21,25)/t13-,14-/m1/s1. The Hall–Kier alpha value is -1.66. The third-order valence-corrected chi connectivity index (χ3v) is 7.94. The number of anilines is 1. The second-order valence-electron chi connectivity index (χ2n) is 7.91. The number of carbonyl (C=O) groups excluding carboxylic acids is 2. The van der Waals surface area contributed by atoms with Crippen molar-refractivity contribution in [3.63, 3.8) is 0 Å². The zero-order chi connectivity index (χ0) is 22.3. The molecule has 1 aromatic carbocycles. The number of nitrogens with one attached hydrogen (secondary N) is 1. The van der Waals surface area contributed by atoms with Gasteiger partial charge in [0.25, 0.3) is 5.91 Å². The van der Waals surface area contributed by atoms with Crippen LogP contribution in [0.4, 0.5) is 14.9 Å². The molecule has 0 radical (unpaired) electrons. The number of aliphatic imine (C=N–C) groups is 1. The monoisotopic (exact) mass is 521 g/mol. The van der Waals surface area contributed by atoms with Gasteiger partial charge in [0, 0.05) is 9.72 Å². The number of hydrogen-bond donors (Lipinski definition) is 1. The van der Waals surface area contributed by atoms with Crippen LogP contribution in [-0.4, -0.2) is 60.5 Å². The summed E-state index contributed by atoms with van der Waals surface area (Å²) >= 11 is 4.32. The summed E-state index contributed by atoms with van der Waals surface area (Å²) in [7, 11) is -3.27. The molecule has 2 heterocycles. The number of benzene rings is 1. The highest BCUT2D eigenvalue weighted by atomic mass is 79.9. The molecular weight excluding hydrogens is 501 g/mol. The van der Waals surface area contributed by atoms with E-state index in [0.29, 0.717) is 4.47 Å². The molecule has 0 spiro atoms. The second kappa shape index (κ2) is 8.46. The summed E-state index contributed by atoms with van der Waals surface area (Å²) in [6.07, 6.45) is -0.756. The molecule has 8 nitrogen and oxygen atoms in total. The lowest BCUT2D eigenvalue weighted by Crippen LogP contribution is -2.39. The van der Waals surface area contributed by atoms with Gasteiger partial charge in [-0.3, -0.25) is 4.79 Å². The van der Waals surface area contributed by atoms with E-state index in [-0.39, 0.29) is 27.6 Å². The first-order valence-electron chi connectivity index (χ1n) is 9.04. The van der Waals surface area contributed by atoms with Crippen molar-refractivity contribution in [3.05, 3.63) is 28.5 Å². The first-order valence-corrected chi connectivity index (χ1v) is 12.5. The molecule has 1 N–H and O–H groups in total. The number of amidine groups is 1. The van der Waals surface area contributed by atoms with E-state index < -0.39 is 45.8 Å². The van der Waals surface area contributed by atoms with Gasteiger partial charge in [0.15, 0.2) is 15.0 Å². The lowest BCUT2D eigenvalue weighted by atomic mass is 10.2. The number of ether oxygens (including phenoxy) is 1. The van der Waals surface area contributed by atoms with Crippen molar-refractivity contribution in [2.45, 2.75) is 37.7 Å². The number of carbonyl (C=O) groups is 2. The summed E-state index contributed by atoms with van der Waals surface area (Å²) in [4.78, 5) is 29.5. The quantitative estimate of drug-likeness (QED) is 0.651. The van der Waals surface area contributed by atoms with Crippen molar-refractivity contribution in [1.29, 1.82) is 0 Å². The molecule has 30 heavy (non-hydrogen) atoms. The molecule has 12 heteroatoms. The van der Waals surface area contributed by atoms with Gasteiger partial charge in [0.2, 0.25) is 0 Å². The number of nitrogens with zero attached hydrogens (tertiary/aromatic N) is 2. The number of hydrogen-bond acceptors (Lipinski definition) is 6. The van der Waals surface area contributed by atoms with E-state index in [1.807, 2.05) is 0 Å². The van der Waals surface area contributed by atoms with Gasteiger partial charge in [-0.05, 0) is 39.0 Å². The second-order valence-corrected chi connectivity index (χ2v) is 12.2. The van der Waals surface area contributed by atoms with Crippen LogP contribution >= 0.6 is 27.7 Å². The first kappa shape index (κ1) is 23.0. The van der Waals surface area contributed by atoms with Gasteiger partial charge in [-0.2, -0.15) is 4.99 Å². The average molecular weight is 522 g/mol. The molecule has 0 saturated carbocycles. The van der Waals surface area contributed by atoms with Crippen molar-refractivity contribution >= 4 is 60.4 Å². The Morgan fingerprint density at radius 3 is 2.70 bits per heavy atom. The number of fused-ring (bicyclic) bond motifs is 1. The van der Waals surface area contributed by atoms with Crippen LogP contribution in [0.3, 0.4) is 0 Å². The SMILES string of the molecule is CC(C)(C)OC(=O)NCC(=O)N=C1S[C@@H]2CS(=O)(=O)C[C@H]2N1c1ccc(Br)cc1F. The Balaban J connectivity index is 1.82. The first-order chi connectivity index (χ1) is 13.8. The number of amides is 2. The van der Waals surface area contributed by atoms with Gasteiger partial charge in [-0.25, -0.2) is 17.6 Å². The van der Waals surface area contributed by atoms with Crippen molar-refractivity contribution in [2.75, 3.05) is 23.0 Å². The van der Waals surface area contributed by atoms with Crippen LogP contribution in [0.1, 0.15) is 20.8 Å². The van der Waals surface area contributed by atoms with E-state index >= 15 is 0 Å². The highest BCUT2D eigenvalue weighted by Gasteiger charge is 2.50. The fourth-order valence-electron chi connectivity index (χ4n) is 3.13. The molecule has 0 aromatic heterocycles. The lowest BCUT2D eigenvalue weighted by molar-refractivity contribution is -0.117. The Morgan fingerprint density at radius 2 is 2.07 bits per heavy atom. The molecule has 0 unspecified atom stereocenters. The molecule has 0 bridgehead atoms. The fraction of sp³-hybridized carbons (Fsp3) is 0.500. The highest BCUT2D eigenvalue weighted by molar-refractivity contribution is 9.10. The number of sulfone groups is 1. The molecule has 3 rings (SSSR count). The van der Waals surface area contributed by atoms with Crippen molar-refractivity contribution in [3.8, 4) is 0 Å². The largest absolute Gasteiger partial charge is 0.444 e. The van der Waals surface area contributed by atoms with Crippen LogP contribution in [0, 0.1) is 5.82 Å². The average Bonchev–Trinajstić information content (AvgIpc) is 3.03. The zero-order valence-corrected chi connectivity index (χ0v) is 19.7. The summed E-state index contributed by atoms with van der Waals surface area (Å²) in [6.45, 7) is 4.69. The minimum atomic E-state index is -3.27. The number of halogens is 2. The van der Waals surface area contributed by atoms with Crippen molar-refractivity contribution in [1.82, 2.24) is 5.32 Å². The Morgan fingerprint density at radius 1 is 1.37 bits per heavy atom. The Kier molecular flexibility index (Phi) is 6.49. The van der Waals surface area contributed by atoms with Gasteiger partial charge in [0.05, 0.1) is 23.2 Å². The Bertz CT molecular complexity index is 1010. The predicted octanol–water partition coefficient (Wildman–Crippen LogP) is 2.71. The molecule has 2 saturated heterocycles. The predicted molar refractivity (Wildman–Crippen MR) is 117 cm³/mol. The fourth-order valence-corrected chi connectivity index (χ4v) is 7.39. The van der Waals surface area contributed by atoms with Gasteiger partial charge in [0.1, 0.15) is 18.0 Å². The molecule has 2 aliphatic heterocycles. The van der Waals surface area contributed by atoms with E-state index in [9.17, 15) is 22.4 Å². The minimum absolute atomic E-state index is 0.0691. The molecule has 2 fully saturated rings. The number of alkyl carbamates (subject to hydrolysis) is 1. The highest BCUT2D eigenvalue weighted by Crippen LogP contribution is 2.42. The van der Waals surface area contributed by atoms with Crippen LogP contribution in [0.2, 0.25) is 0 Å². The smallest absolute Gasteiger partial charge is 0.408 e. The minimum Gasteiger partial charge on any atom is -0.444 e. The zero-order valence-electron chi connectivity index (χ0n) is 16.5. The maximum Gasteiger partial charge on any atom is 0.408 e. The van der Waals surface area contributed by atoms with Crippen molar-refractivity contribution < 1.29 is 27.1 Å². The molecule has 2 atom stereocenters. The van der Waals surface area contributed by atoms with Gasteiger partial charge >= 0.3 is 6.09 Å². The van der Waals surface area contributed by atoms with E-state index in [2.05, 4.69) is 26.2 Å².